The molecule has 0 amide bonds. The SMILES string of the molecule is COCOC[C@@H]1O[C@@]1(C)CC/C=C(\C)CCC=C(C)C. The number of methoxy groups -OCH3 is 1. The highest BCUT2D eigenvalue weighted by Crippen LogP contribution is 2.40. The molecule has 0 bridgehead atoms. The average Bonchev–Trinajstić information content (AvgIpc) is 3.00. The van der Waals surface area contributed by atoms with Crippen molar-refractivity contribution >= 4 is 0 Å². The second-order valence-corrected chi connectivity index (χ2v) is 6.11. The Kier molecular flexibility index (Phi) is 7.49. The molecule has 3 nitrogen and oxygen atoms in total. The van der Waals surface area contributed by atoms with Crippen LogP contribution in [-0.4, -0.2) is 32.2 Å². The average molecular weight is 282 g/mol. The van der Waals surface area contributed by atoms with Gasteiger partial charge in [0.25, 0.3) is 0 Å². The van der Waals surface area contributed by atoms with Crippen molar-refractivity contribution in [3.8, 4) is 0 Å². The van der Waals surface area contributed by atoms with Crippen LogP contribution in [0.4, 0.5) is 0 Å². The molecule has 20 heavy (non-hydrogen) atoms. The van der Waals surface area contributed by atoms with E-state index in [1.165, 1.54) is 11.1 Å². The third kappa shape index (κ3) is 6.69. The van der Waals surface area contributed by atoms with Crippen LogP contribution < -0.4 is 0 Å². The molecule has 0 spiro atoms. The van der Waals surface area contributed by atoms with Gasteiger partial charge in [-0.1, -0.05) is 23.3 Å². The Morgan fingerprint density at radius 3 is 2.60 bits per heavy atom. The monoisotopic (exact) mass is 282 g/mol. The van der Waals surface area contributed by atoms with Gasteiger partial charge in [0.15, 0.2) is 0 Å². The van der Waals surface area contributed by atoms with Crippen LogP contribution in [0.5, 0.6) is 0 Å². The molecule has 3 heteroatoms. The predicted octanol–water partition coefficient (Wildman–Crippen LogP) is 4.24. The molecule has 0 aromatic carbocycles. The van der Waals surface area contributed by atoms with Crippen molar-refractivity contribution in [3.05, 3.63) is 23.3 Å². The third-order valence-electron chi connectivity index (χ3n) is 3.73. The number of hydrogen-bond donors (Lipinski definition) is 0. The Hall–Kier alpha value is -0.640. The van der Waals surface area contributed by atoms with Crippen molar-refractivity contribution in [2.45, 2.75) is 65.1 Å². The Balaban J connectivity index is 2.15. The minimum atomic E-state index is 0.00440. The van der Waals surface area contributed by atoms with Gasteiger partial charge in [-0.2, -0.15) is 0 Å². The van der Waals surface area contributed by atoms with Gasteiger partial charge in [0.1, 0.15) is 12.9 Å². The molecule has 1 saturated heterocycles. The molecule has 1 aliphatic heterocycles. The van der Waals surface area contributed by atoms with Crippen molar-refractivity contribution in [1.82, 2.24) is 0 Å². The summed E-state index contributed by atoms with van der Waals surface area (Å²) in [6.45, 7) is 9.66. The molecule has 0 radical (unpaired) electrons. The maximum Gasteiger partial charge on any atom is 0.146 e. The van der Waals surface area contributed by atoms with Crippen molar-refractivity contribution < 1.29 is 14.2 Å². The fourth-order valence-electron chi connectivity index (χ4n) is 2.26. The molecule has 1 heterocycles. The van der Waals surface area contributed by atoms with Crippen molar-refractivity contribution in [2.24, 2.45) is 0 Å². The highest BCUT2D eigenvalue weighted by molar-refractivity contribution is 5.05. The molecule has 0 aromatic rings. The van der Waals surface area contributed by atoms with Gasteiger partial charge < -0.3 is 14.2 Å². The van der Waals surface area contributed by atoms with Crippen LogP contribution in [0, 0.1) is 0 Å². The van der Waals surface area contributed by atoms with E-state index in [0.717, 1.165) is 25.7 Å². The summed E-state index contributed by atoms with van der Waals surface area (Å²) in [6, 6.07) is 0. The first-order chi connectivity index (χ1) is 9.48. The number of allylic oxidation sites excluding steroid dienone is 4. The van der Waals surface area contributed by atoms with Gasteiger partial charge in [0.05, 0.1) is 12.2 Å². The fraction of sp³-hybridized carbons (Fsp3) is 0.765. The maximum atomic E-state index is 5.73. The lowest BCUT2D eigenvalue weighted by Crippen LogP contribution is -2.14. The summed E-state index contributed by atoms with van der Waals surface area (Å²) < 4.78 is 15.9. The molecular formula is C17H30O3. The van der Waals surface area contributed by atoms with E-state index in [-0.39, 0.29) is 11.7 Å². The van der Waals surface area contributed by atoms with Crippen LogP contribution in [0.3, 0.4) is 0 Å². The lowest BCUT2D eigenvalue weighted by Gasteiger charge is -2.05. The van der Waals surface area contributed by atoms with Gasteiger partial charge in [-0.15, -0.1) is 0 Å². The molecule has 116 valence electrons. The van der Waals surface area contributed by atoms with E-state index in [4.69, 9.17) is 14.2 Å². The van der Waals surface area contributed by atoms with E-state index in [1.54, 1.807) is 7.11 Å². The first-order valence-electron chi connectivity index (χ1n) is 7.51. The summed E-state index contributed by atoms with van der Waals surface area (Å²) in [6.07, 6.45) is 9.32. The van der Waals surface area contributed by atoms with Crippen LogP contribution in [0.2, 0.25) is 0 Å². The third-order valence-corrected chi connectivity index (χ3v) is 3.73. The van der Waals surface area contributed by atoms with Crippen LogP contribution in [0.15, 0.2) is 23.3 Å². The number of epoxide rings is 1. The van der Waals surface area contributed by atoms with E-state index < -0.39 is 0 Å². The lowest BCUT2D eigenvalue weighted by atomic mass is 10.00. The summed E-state index contributed by atoms with van der Waals surface area (Å²) in [7, 11) is 1.63. The van der Waals surface area contributed by atoms with Crippen molar-refractivity contribution in [2.75, 3.05) is 20.5 Å². The Bertz CT molecular complexity index is 342. The molecule has 0 aromatic heterocycles. The van der Waals surface area contributed by atoms with Gasteiger partial charge in [-0.05, 0) is 53.4 Å². The fourth-order valence-corrected chi connectivity index (χ4v) is 2.26. The summed E-state index contributed by atoms with van der Waals surface area (Å²) in [4.78, 5) is 0. The van der Waals surface area contributed by atoms with Gasteiger partial charge in [-0.25, -0.2) is 0 Å². The minimum absolute atomic E-state index is 0.00440. The highest BCUT2D eigenvalue weighted by Gasteiger charge is 2.51. The van der Waals surface area contributed by atoms with Crippen LogP contribution in [0.25, 0.3) is 0 Å². The molecule has 1 fully saturated rings. The second kappa shape index (κ2) is 8.60. The first-order valence-corrected chi connectivity index (χ1v) is 7.51. The lowest BCUT2D eigenvalue weighted by molar-refractivity contribution is -0.0352. The van der Waals surface area contributed by atoms with Gasteiger partial charge >= 0.3 is 0 Å². The van der Waals surface area contributed by atoms with E-state index in [9.17, 15) is 0 Å². The van der Waals surface area contributed by atoms with E-state index in [0.29, 0.717) is 13.4 Å². The number of rotatable bonds is 10. The van der Waals surface area contributed by atoms with Crippen LogP contribution in [0.1, 0.15) is 53.4 Å². The first kappa shape index (κ1) is 17.4. The molecular weight excluding hydrogens is 252 g/mol. The van der Waals surface area contributed by atoms with Crippen LogP contribution in [-0.2, 0) is 14.2 Å². The van der Waals surface area contributed by atoms with Gasteiger partial charge in [0.2, 0.25) is 0 Å². The molecule has 1 aliphatic rings. The van der Waals surface area contributed by atoms with Gasteiger partial charge in [0, 0.05) is 7.11 Å². The van der Waals surface area contributed by atoms with Crippen molar-refractivity contribution in [3.63, 3.8) is 0 Å². The summed E-state index contributed by atoms with van der Waals surface area (Å²) in [5.41, 5.74) is 2.87. The smallest absolute Gasteiger partial charge is 0.146 e. The Labute approximate surface area is 124 Å². The number of ether oxygens (including phenoxy) is 3. The zero-order valence-electron chi connectivity index (χ0n) is 13.7. The zero-order valence-corrected chi connectivity index (χ0v) is 13.7. The Morgan fingerprint density at radius 2 is 1.95 bits per heavy atom. The van der Waals surface area contributed by atoms with Gasteiger partial charge in [-0.3, -0.25) is 0 Å². The maximum absolute atomic E-state index is 5.73. The summed E-state index contributed by atoms with van der Waals surface area (Å²) in [5.74, 6) is 0. The molecule has 0 N–H and O–H groups in total. The molecule has 2 atom stereocenters. The highest BCUT2D eigenvalue weighted by atomic mass is 16.7. The minimum Gasteiger partial charge on any atom is -0.364 e. The molecule has 0 saturated carbocycles. The number of hydrogen-bond acceptors (Lipinski definition) is 3. The Morgan fingerprint density at radius 1 is 1.20 bits per heavy atom. The van der Waals surface area contributed by atoms with Crippen LogP contribution >= 0.6 is 0 Å². The van der Waals surface area contributed by atoms with E-state index >= 15 is 0 Å². The summed E-state index contributed by atoms with van der Waals surface area (Å²) >= 11 is 0. The second-order valence-electron chi connectivity index (χ2n) is 6.11. The zero-order chi connectivity index (χ0) is 15.0. The topological polar surface area (TPSA) is 31.0 Å². The summed E-state index contributed by atoms with van der Waals surface area (Å²) in [5, 5.41) is 0. The van der Waals surface area contributed by atoms with Crippen molar-refractivity contribution in [1.29, 1.82) is 0 Å². The molecule has 0 aliphatic carbocycles. The van der Waals surface area contributed by atoms with E-state index in [2.05, 4.69) is 39.8 Å². The molecule has 0 unspecified atom stereocenters. The predicted molar refractivity (Wildman–Crippen MR) is 82.8 cm³/mol. The molecule has 1 rings (SSSR count). The normalized spacial score (nSPS) is 25.6. The largest absolute Gasteiger partial charge is 0.364 e. The van der Waals surface area contributed by atoms with E-state index in [1.807, 2.05) is 0 Å². The standard InChI is InChI=1S/C17H30O3/c1-14(2)8-6-9-15(3)10-7-11-17(4)16(20-17)12-19-13-18-5/h8,10,16H,6-7,9,11-13H2,1-5H3/b15-10+/t16-,17-/m0/s1. The quantitative estimate of drug-likeness (QED) is 0.260.